The van der Waals surface area contributed by atoms with Crippen molar-refractivity contribution in [1.82, 2.24) is 5.32 Å². The summed E-state index contributed by atoms with van der Waals surface area (Å²) in [5.74, 6) is -1.42. The molecule has 6 heteroatoms. The summed E-state index contributed by atoms with van der Waals surface area (Å²) in [6.07, 6.45) is 2.40. The van der Waals surface area contributed by atoms with Gasteiger partial charge in [0.2, 0.25) is 5.91 Å². The largest absolute Gasteiger partial charge is 0.480 e. The molecule has 0 bridgehead atoms. The van der Waals surface area contributed by atoms with Crippen LogP contribution in [0.25, 0.3) is 0 Å². The van der Waals surface area contributed by atoms with Crippen molar-refractivity contribution in [2.75, 3.05) is 0 Å². The standard InChI is InChI=1S/C16H20N2O3S/c1-2-3-4-13(16(20)21)18-15(19)14(22)9-11-5-7-12(10-17)8-6-11/h5-8,13-14,22H,2-4,9H2,1H3,(H,18,19)(H,20,21). The van der Waals surface area contributed by atoms with Crippen LogP contribution in [0.3, 0.4) is 0 Å². The Bertz CT molecular complexity index is 552. The second-order valence-electron chi connectivity index (χ2n) is 5.07. The molecule has 1 aromatic rings. The molecule has 0 aromatic heterocycles. The van der Waals surface area contributed by atoms with Gasteiger partial charge in [-0.25, -0.2) is 4.79 Å². The molecule has 0 fully saturated rings. The Labute approximate surface area is 135 Å². The second kappa shape index (κ2) is 9.11. The number of amides is 1. The van der Waals surface area contributed by atoms with E-state index in [4.69, 9.17) is 10.4 Å². The molecule has 0 aliphatic carbocycles. The number of nitriles is 1. The number of carboxylic acid groups (broad SMARTS) is 1. The fourth-order valence-electron chi connectivity index (χ4n) is 1.96. The monoisotopic (exact) mass is 320 g/mol. The summed E-state index contributed by atoms with van der Waals surface area (Å²) in [5.41, 5.74) is 1.42. The predicted molar refractivity (Wildman–Crippen MR) is 86.7 cm³/mol. The lowest BCUT2D eigenvalue weighted by atomic mass is 10.1. The van der Waals surface area contributed by atoms with E-state index in [1.54, 1.807) is 24.3 Å². The number of carbonyl (C=O) groups excluding carboxylic acids is 1. The highest BCUT2D eigenvalue weighted by molar-refractivity contribution is 7.81. The van der Waals surface area contributed by atoms with E-state index in [9.17, 15) is 9.59 Å². The fourth-order valence-corrected chi connectivity index (χ4v) is 2.25. The van der Waals surface area contributed by atoms with Gasteiger partial charge in [-0.1, -0.05) is 31.9 Å². The van der Waals surface area contributed by atoms with Gasteiger partial charge in [-0.05, 0) is 30.5 Å². The normalized spacial score (nSPS) is 13.0. The fraction of sp³-hybridized carbons (Fsp3) is 0.438. The van der Waals surface area contributed by atoms with Crippen LogP contribution in [0.2, 0.25) is 0 Å². The Morgan fingerprint density at radius 2 is 2.00 bits per heavy atom. The minimum absolute atomic E-state index is 0.376. The third kappa shape index (κ3) is 5.78. The Morgan fingerprint density at radius 1 is 1.36 bits per heavy atom. The van der Waals surface area contributed by atoms with E-state index in [0.717, 1.165) is 18.4 Å². The van der Waals surface area contributed by atoms with Crippen molar-refractivity contribution < 1.29 is 14.7 Å². The van der Waals surface area contributed by atoms with Crippen molar-refractivity contribution in [2.24, 2.45) is 0 Å². The first-order valence-electron chi connectivity index (χ1n) is 7.18. The van der Waals surface area contributed by atoms with E-state index in [1.807, 2.05) is 13.0 Å². The smallest absolute Gasteiger partial charge is 0.326 e. The third-order valence-electron chi connectivity index (χ3n) is 3.28. The summed E-state index contributed by atoms with van der Waals surface area (Å²) in [5, 5.41) is 19.7. The Kier molecular flexibility index (Phi) is 7.47. The van der Waals surface area contributed by atoms with Crippen LogP contribution in [0.5, 0.6) is 0 Å². The number of nitrogens with zero attached hydrogens (tertiary/aromatic N) is 1. The quantitative estimate of drug-likeness (QED) is 0.640. The maximum Gasteiger partial charge on any atom is 0.326 e. The van der Waals surface area contributed by atoms with Crippen molar-refractivity contribution in [3.8, 4) is 6.07 Å². The SMILES string of the molecule is CCCCC(NC(=O)C(S)Cc1ccc(C#N)cc1)C(=O)O. The van der Waals surface area contributed by atoms with Crippen LogP contribution >= 0.6 is 12.6 Å². The number of carbonyl (C=O) groups is 2. The average molecular weight is 320 g/mol. The van der Waals surface area contributed by atoms with E-state index >= 15 is 0 Å². The molecule has 1 amide bonds. The molecule has 22 heavy (non-hydrogen) atoms. The molecule has 2 unspecified atom stereocenters. The molecule has 5 nitrogen and oxygen atoms in total. The maximum atomic E-state index is 12.0. The Hall–Kier alpha value is -2.00. The summed E-state index contributed by atoms with van der Waals surface area (Å²) >= 11 is 4.25. The average Bonchev–Trinajstić information content (AvgIpc) is 2.51. The zero-order chi connectivity index (χ0) is 16.5. The van der Waals surface area contributed by atoms with Crippen LogP contribution in [0.4, 0.5) is 0 Å². The lowest BCUT2D eigenvalue weighted by Crippen LogP contribution is -2.44. The van der Waals surface area contributed by atoms with Crippen LogP contribution in [-0.4, -0.2) is 28.3 Å². The number of unbranched alkanes of at least 4 members (excludes halogenated alkanes) is 1. The van der Waals surface area contributed by atoms with Gasteiger partial charge in [0.25, 0.3) is 0 Å². The van der Waals surface area contributed by atoms with Gasteiger partial charge in [0, 0.05) is 0 Å². The van der Waals surface area contributed by atoms with Crippen LogP contribution in [-0.2, 0) is 16.0 Å². The highest BCUT2D eigenvalue weighted by Gasteiger charge is 2.23. The van der Waals surface area contributed by atoms with Crippen molar-refractivity contribution >= 4 is 24.5 Å². The van der Waals surface area contributed by atoms with Gasteiger partial charge in [0.1, 0.15) is 6.04 Å². The molecule has 0 saturated heterocycles. The van der Waals surface area contributed by atoms with Gasteiger partial charge in [0.05, 0.1) is 16.9 Å². The highest BCUT2D eigenvalue weighted by Crippen LogP contribution is 2.11. The molecule has 1 aromatic carbocycles. The molecule has 0 spiro atoms. The lowest BCUT2D eigenvalue weighted by Gasteiger charge is -2.17. The molecule has 0 saturated carbocycles. The number of carboxylic acids is 1. The molecule has 0 radical (unpaired) electrons. The highest BCUT2D eigenvalue weighted by atomic mass is 32.1. The van der Waals surface area contributed by atoms with Crippen LogP contribution < -0.4 is 5.32 Å². The number of benzene rings is 1. The predicted octanol–water partition coefficient (Wildman–Crippen LogP) is 2.16. The van der Waals surface area contributed by atoms with Crippen molar-refractivity contribution in [3.05, 3.63) is 35.4 Å². The maximum absolute atomic E-state index is 12.0. The number of aliphatic carboxylic acids is 1. The van der Waals surface area contributed by atoms with E-state index in [1.165, 1.54) is 0 Å². The molecule has 1 rings (SSSR count). The van der Waals surface area contributed by atoms with Gasteiger partial charge >= 0.3 is 5.97 Å². The Morgan fingerprint density at radius 3 is 2.50 bits per heavy atom. The van der Waals surface area contributed by atoms with E-state index in [0.29, 0.717) is 18.4 Å². The molecule has 0 heterocycles. The lowest BCUT2D eigenvalue weighted by molar-refractivity contribution is -0.141. The van der Waals surface area contributed by atoms with Crippen molar-refractivity contribution in [3.63, 3.8) is 0 Å². The number of hydrogen-bond donors (Lipinski definition) is 3. The first-order valence-corrected chi connectivity index (χ1v) is 7.69. The summed E-state index contributed by atoms with van der Waals surface area (Å²) in [6.45, 7) is 1.97. The first kappa shape index (κ1) is 18.1. The van der Waals surface area contributed by atoms with Crippen LogP contribution in [0.15, 0.2) is 24.3 Å². The van der Waals surface area contributed by atoms with Crippen LogP contribution in [0.1, 0.15) is 37.3 Å². The summed E-state index contributed by atoms with van der Waals surface area (Å²) in [4.78, 5) is 23.2. The summed E-state index contributed by atoms with van der Waals surface area (Å²) < 4.78 is 0. The van der Waals surface area contributed by atoms with Gasteiger partial charge in [-0.15, -0.1) is 0 Å². The minimum Gasteiger partial charge on any atom is -0.480 e. The zero-order valence-electron chi connectivity index (χ0n) is 12.5. The number of thiol groups is 1. The van der Waals surface area contributed by atoms with Crippen LogP contribution in [0, 0.1) is 11.3 Å². The van der Waals surface area contributed by atoms with Gasteiger partial charge < -0.3 is 10.4 Å². The molecule has 2 atom stereocenters. The molecular weight excluding hydrogens is 300 g/mol. The first-order chi connectivity index (χ1) is 10.5. The molecular formula is C16H20N2O3S. The third-order valence-corrected chi connectivity index (χ3v) is 3.69. The molecule has 2 N–H and O–H groups in total. The molecule has 0 aliphatic heterocycles. The topological polar surface area (TPSA) is 90.2 Å². The van der Waals surface area contributed by atoms with Gasteiger partial charge in [0.15, 0.2) is 0 Å². The van der Waals surface area contributed by atoms with Crippen molar-refractivity contribution in [1.29, 1.82) is 5.26 Å². The zero-order valence-corrected chi connectivity index (χ0v) is 13.3. The van der Waals surface area contributed by atoms with Gasteiger partial charge in [-0.2, -0.15) is 17.9 Å². The molecule has 118 valence electrons. The number of rotatable bonds is 8. The van der Waals surface area contributed by atoms with Gasteiger partial charge in [-0.3, -0.25) is 4.79 Å². The number of nitrogens with one attached hydrogen (secondary N) is 1. The van der Waals surface area contributed by atoms with E-state index in [2.05, 4.69) is 17.9 Å². The number of hydrogen-bond acceptors (Lipinski definition) is 4. The minimum atomic E-state index is -1.03. The Balaban J connectivity index is 2.59. The van der Waals surface area contributed by atoms with Crippen molar-refractivity contribution in [2.45, 2.75) is 43.9 Å². The second-order valence-corrected chi connectivity index (χ2v) is 5.69. The summed E-state index contributed by atoms with van der Waals surface area (Å²) in [7, 11) is 0. The summed E-state index contributed by atoms with van der Waals surface area (Å²) in [6, 6.07) is 8.03. The van der Waals surface area contributed by atoms with E-state index in [-0.39, 0.29) is 0 Å². The van der Waals surface area contributed by atoms with E-state index < -0.39 is 23.2 Å². The molecule has 0 aliphatic rings.